The molecule has 1 aromatic rings. The highest BCUT2D eigenvalue weighted by atomic mass is 35.5. The highest BCUT2D eigenvalue weighted by Crippen LogP contribution is 2.21. The summed E-state index contributed by atoms with van der Waals surface area (Å²) in [5.74, 6) is -1.52. The number of hydrogen-bond acceptors (Lipinski definition) is 3. The van der Waals surface area contributed by atoms with Gasteiger partial charge in [-0.05, 0) is 38.5 Å². The van der Waals surface area contributed by atoms with Gasteiger partial charge in [0.25, 0.3) is 0 Å². The second-order valence-electron chi connectivity index (χ2n) is 6.12. The fraction of sp³-hybridized carbons (Fsp3) is 0.500. The lowest BCUT2D eigenvalue weighted by Gasteiger charge is -2.21. The van der Waals surface area contributed by atoms with E-state index in [2.05, 4.69) is 5.32 Å². The van der Waals surface area contributed by atoms with E-state index >= 15 is 0 Å². The van der Waals surface area contributed by atoms with Gasteiger partial charge in [-0.3, -0.25) is 4.79 Å². The third-order valence-corrected chi connectivity index (χ3v) is 3.53. The van der Waals surface area contributed by atoms with Gasteiger partial charge in [0.05, 0.1) is 12.0 Å². The number of rotatable bonds is 7. The molecule has 5 nitrogen and oxygen atoms in total. The van der Waals surface area contributed by atoms with Crippen LogP contribution in [0.2, 0.25) is 10.0 Å². The topological polar surface area (TPSA) is 75.6 Å². The maximum atomic E-state index is 12.0. The van der Waals surface area contributed by atoms with Gasteiger partial charge in [-0.15, -0.1) is 0 Å². The Kier molecular flexibility index (Phi) is 7.32. The van der Waals surface area contributed by atoms with Crippen molar-refractivity contribution in [3.63, 3.8) is 0 Å². The van der Waals surface area contributed by atoms with Crippen LogP contribution in [-0.4, -0.2) is 35.2 Å². The first-order valence-electron chi connectivity index (χ1n) is 7.18. The molecule has 0 fully saturated rings. The van der Waals surface area contributed by atoms with Gasteiger partial charge in [-0.2, -0.15) is 0 Å². The van der Waals surface area contributed by atoms with Gasteiger partial charge >= 0.3 is 5.97 Å². The Balaban J connectivity index is 2.58. The SMILES string of the molecule is CC(C)(C)OCCC(NC(=O)Cc1ccc(Cl)cc1Cl)C(=O)O. The van der Waals surface area contributed by atoms with Crippen molar-refractivity contribution < 1.29 is 19.4 Å². The third-order valence-electron chi connectivity index (χ3n) is 2.94. The second-order valence-corrected chi connectivity index (χ2v) is 6.96. The number of nitrogens with one attached hydrogen (secondary N) is 1. The Hall–Kier alpha value is -1.30. The molecule has 128 valence electrons. The van der Waals surface area contributed by atoms with Gasteiger partial charge in [0.1, 0.15) is 6.04 Å². The van der Waals surface area contributed by atoms with Crippen LogP contribution in [0.3, 0.4) is 0 Å². The Morgan fingerprint density at radius 1 is 1.30 bits per heavy atom. The van der Waals surface area contributed by atoms with Gasteiger partial charge in [-0.1, -0.05) is 29.3 Å². The first kappa shape index (κ1) is 19.7. The summed E-state index contributed by atoms with van der Waals surface area (Å²) in [5.41, 5.74) is 0.229. The summed E-state index contributed by atoms with van der Waals surface area (Å²) in [7, 11) is 0. The first-order valence-corrected chi connectivity index (χ1v) is 7.94. The number of carboxylic acid groups (broad SMARTS) is 1. The lowest BCUT2D eigenvalue weighted by molar-refractivity contribution is -0.142. The van der Waals surface area contributed by atoms with Crippen LogP contribution in [0.1, 0.15) is 32.8 Å². The largest absolute Gasteiger partial charge is 0.480 e. The molecule has 1 aromatic carbocycles. The number of benzene rings is 1. The fourth-order valence-corrected chi connectivity index (χ4v) is 2.30. The molecule has 0 aliphatic heterocycles. The summed E-state index contributed by atoms with van der Waals surface area (Å²) in [6, 6.07) is 3.80. The zero-order valence-corrected chi connectivity index (χ0v) is 14.9. The minimum atomic E-state index is -1.10. The van der Waals surface area contributed by atoms with Crippen LogP contribution in [0.4, 0.5) is 0 Å². The number of carbonyl (C=O) groups is 2. The van der Waals surface area contributed by atoms with E-state index in [9.17, 15) is 14.7 Å². The van der Waals surface area contributed by atoms with Gasteiger partial charge in [-0.25, -0.2) is 4.79 Å². The molecule has 0 aromatic heterocycles. The Morgan fingerprint density at radius 3 is 2.48 bits per heavy atom. The van der Waals surface area contributed by atoms with Crippen LogP contribution in [0.5, 0.6) is 0 Å². The minimum Gasteiger partial charge on any atom is -0.480 e. The first-order chi connectivity index (χ1) is 10.6. The van der Waals surface area contributed by atoms with Crippen LogP contribution >= 0.6 is 23.2 Å². The number of carbonyl (C=O) groups excluding carboxylic acids is 1. The van der Waals surface area contributed by atoms with E-state index in [1.807, 2.05) is 20.8 Å². The molecular formula is C16H21Cl2NO4. The molecule has 1 atom stereocenters. The number of aliphatic carboxylic acids is 1. The van der Waals surface area contributed by atoms with Crippen molar-refractivity contribution in [3.8, 4) is 0 Å². The van der Waals surface area contributed by atoms with E-state index < -0.39 is 17.9 Å². The Morgan fingerprint density at radius 2 is 1.96 bits per heavy atom. The average Bonchev–Trinajstić information content (AvgIpc) is 2.39. The van der Waals surface area contributed by atoms with E-state index in [-0.39, 0.29) is 25.0 Å². The molecule has 0 heterocycles. The Labute approximate surface area is 145 Å². The van der Waals surface area contributed by atoms with Crippen LogP contribution < -0.4 is 5.32 Å². The van der Waals surface area contributed by atoms with Crippen LogP contribution in [0, 0.1) is 0 Å². The van der Waals surface area contributed by atoms with E-state index in [1.165, 1.54) is 6.07 Å². The number of hydrogen-bond donors (Lipinski definition) is 2. The van der Waals surface area contributed by atoms with E-state index in [4.69, 9.17) is 27.9 Å². The average molecular weight is 362 g/mol. The molecule has 0 saturated carbocycles. The fourth-order valence-electron chi connectivity index (χ4n) is 1.82. The van der Waals surface area contributed by atoms with Crippen LogP contribution in [0.15, 0.2) is 18.2 Å². The standard InChI is InChI=1S/C16H21Cl2NO4/c1-16(2,3)23-7-6-13(15(21)22)19-14(20)8-10-4-5-11(17)9-12(10)18/h4-5,9,13H,6-8H2,1-3H3,(H,19,20)(H,21,22). The van der Waals surface area contributed by atoms with E-state index in [0.717, 1.165) is 0 Å². The molecule has 1 unspecified atom stereocenters. The smallest absolute Gasteiger partial charge is 0.326 e. The molecule has 2 N–H and O–H groups in total. The van der Waals surface area contributed by atoms with Crippen molar-refractivity contribution in [3.05, 3.63) is 33.8 Å². The summed E-state index contributed by atoms with van der Waals surface area (Å²) in [5, 5.41) is 12.5. The molecule has 0 aliphatic carbocycles. The Bertz CT molecular complexity index is 570. The van der Waals surface area contributed by atoms with Gasteiger partial charge in [0.15, 0.2) is 0 Å². The predicted octanol–water partition coefficient (Wildman–Crippen LogP) is 3.31. The molecule has 0 aliphatic rings. The highest BCUT2D eigenvalue weighted by molar-refractivity contribution is 6.35. The van der Waals surface area contributed by atoms with E-state index in [1.54, 1.807) is 12.1 Å². The zero-order valence-electron chi connectivity index (χ0n) is 13.4. The molecule has 0 spiro atoms. The normalized spacial score (nSPS) is 12.7. The number of amides is 1. The van der Waals surface area contributed by atoms with Crippen LogP contribution in [-0.2, 0) is 20.7 Å². The molecule has 0 bridgehead atoms. The summed E-state index contributed by atoms with van der Waals surface area (Å²) in [6.07, 6.45) is 0.173. The second kappa shape index (κ2) is 8.52. The van der Waals surface area contributed by atoms with Crippen molar-refractivity contribution in [2.24, 2.45) is 0 Å². The lowest BCUT2D eigenvalue weighted by atomic mass is 10.1. The molecule has 1 rings (SSSR count). The molecular weight excluding hydrogens is 341 g/mol. The van der Waals surface area contributed by atoms with Crippen molar-refractivity contribution in [2.75, 3.05) is 6.61 Å². The quantitative estimate of drug-likeness (QED) is 0.780. The van der Waals surface area contributed by atoms with Gasteiger partial charge in [0.2, 0.25) is 5.91 Å². The van der Waals surface area contributed by atoms with Gasteiger partial charge < -0.3 is 15.2 Å². The highest BCUT2D eigenvalue weighted by Gasteiger charge is 2.21. The maximum Gasteiger partial charge on any atom is 0.326 e. The summed E-state index contributed by atoms with van der Waals surface area (Å²) >= 11 is 11.8. The maximum absolute atomic E-state index is 12.0. The molecule has 0 radical (unpaired) electrons. The molecule has 0 saturated heterocycles. The monoisotopic (exact) mass is 361 g/mol. The predicted molar refractivity (Wildman–Crippen MR) is 90.1 cm³/mol. The number of halogens is 2. The summed E-state index contributed by atoms with van der Waals surface area (Å²) < 4.78 is 5.49. The summed E-state index contributed by atoms with van der Waals surface area (Å²) in [6.45, 7) is 5.88. The van der Waals surface area contributed by atoms with Gasteiger partial charge in [0, 0.05) is 23.1 Å². The van der Waals surface area contributed by atoms with Crippen molar-refractivity contribution in [1.82, 2.24) is 5.32 Å². The minimum absolute atomic E-state index is 0.0140. The van der Waals surface area contributed by atoms with Crippen molar-refractivity contribution in [2.45, 2.75) is 45.3 Å². The van der Waals surface area contributed by atoms with E-state index in [0.29, 0.717) is 15.6 Å². The molecule has 23 heavy (non-hydrogen) atoms. The van der Waals surface area contributed by atoms with Crippen LogP contribution in [0.25, 0.3) is 0 Å². The number of carboxylic acids is 1. The molecule has 1 amide bonds. The van der Waals surface area contributed by atoms with Crippen molar-refractivity contribution >= 4 is 35.1 Å². The van der Waals surface area contributed by atoms with Crippen molar-refractivity contribution in [1.29, 1.82) is 0 Å². The molecule has 7 heteroatoms. The lowest BCUT2D eigenvalue weighted by Crippen LogP contribution is -2.42. The number of ether oxygens (including phenoxy) is 1. The summed E-state index contributed by atoms with van der Waals surface area (Å²) in [4.78, 5) is 23.3. The zero-order chi connectivity index (χ0) is 17.6. The third kappa shape index (κ3) is 7.68.